The molecular formula is C16H25NO. The third-order valence-electron chi connectivity index (χ3n) is 2.96. The zero-order valence-corrected chi connectivity index (χ0v) is 12.5. The molecule has 0 saturated carbocycles. The largest absolute Gasteiger partial charge is 0.351 e. The molecule has 1 amide bonds. The van der Waals surface area contributed by atoms with E-state index in [4.69, 9.17) is 0 Å². The van der Waals surface area contributed by atoms with Gasteiger partial charge in [0.1, 0.15) is 0 Å². The summed E-state index contributed by atoms with van der Waals surface area (Å²) in [5.41, 5.74) is 5.03. The van der Waals surface area contributed by atoms with Crippen molar-refractivity contribution in [2.75, 3.05) is 0 Å². The molecule has 2 heteroatoms. The van der Waals surface area contributed by atoms with Gasteiger partial charge in [0, 0.05) is 12.0 Å². The van der Waals surface area contributed by atoms with Crippen molar-refractivity contribution >= 4 is 5.91 Å². The maximum Gasteiger partial charge on any atom is 0.220 e. The van der Waals surface area contributed by atoms with Gasteiger partial charge < -0.3 is 5.32 Å². The first-order chi connectivity index (χ1) is 8.19. The van der Waals surface area contributed by atoms with E-state index in [0.717, 1.165) is 6.42 Å². The molecule has 0 aliphatic carbocycles. The van der Waals surface area contributed by atoms with Crippen LogP contribution in [0.2, 0.25) is 0 Å². The van der Waals surface area contributed by atoms with E-state index in [2.05, 4.69) is 38.2 Å². The Balaban J connectivity index is 2.67. The predicted octanol–water partition coefficient (Wildman–Crippen LogP) is 3.46. The molecule has 2 nitrogen and oxygen atoms in total. The quantitative estimate of drug-likeness (QED) is 0.870. The lowest BCUT2D eigenvalue weighted by Crippen LogP contribution is -2.40. The third-order valence-corrected chi connectivity index (χ3v) is 2.96. The summed E-state index contributed by atoms with van der Waals surface area (Å²) < 4.78 is 0. The van der Waals surface area contributed by atoms with Gasteiger partial charge in [-0.05, 0) is 64.7 Å². The number of hydrogen-bond acceptors (Lipinski definition) is 1. The van der Waals surface area contributed by atoms with Gasteiger partial charge in [0.05, 0.1) is 0 Å². The molecule has 18 heavy (non-hydrogen) atoms. The first kappa shape index (κ1) is 14.7. The smallest absolute Gasteiger partial charge is 0.220 e. The van der Waals surface area contributed by atoms with Crippen LogP contribution in [-0.2, 0) is 11.2 Å². The second-order valence-electron chi connectivity index (χ2n) is 6.18. The van der Waals surface area contributed by atoms with Crippen molar-refractivity contribution in [3.8, 4) is 0 Å². The van der Waals surface area contributed by atoms with Crippen molar-refractivity contribution in [2.45, 2.75) is 59.9 Å². The second kappa shape index (κ2) is 5.55. The fourth-order valence-corrected chi connectivity index (χ4v) is 2.32. The van der Waals surface area contributed by atoms with Gasteiger partial charge in [0.25, 0.3) is 0 Å². The number of rotatable bonds is 3. The van der Waals surface area contributed by atoms with Crippen molar-refractivity contribution in [3.05, 3.63) is 34.4 Å². The van der Waals surface area contributed by atoms with E-state index in [1.54, 1.807) is 0 Å². The second-order valence-corrected chi connectivity index (χ2v) is 6.18. The van der Waals surface area contributed by atoms with E-state index in [0.29, 0.717) is 6.42 Å². The van der Waals surface area contributed by atoms with Crippen molar-refractivity contribution in [3.63, 3.8) is 0 Å². The number of aryl methyl sites for hydroxylation is 3. The third kappa shape index (κ3) is 4.52. The summed E-state index contributed by atoms with van der Waals surface area (Å²) in [7, 11) is 0. The van der Waals surface area contributed by atoms with Gasteiger partial charge >= 0.3 is 0 Å². The summed E-state index contributed by atoms with van der Waals surface area (Å²) in [6, 6.07) is 4.37. The van der Waals surface area contributed by atoms with Crippen LogP contribution in [0, 0.1) is 20.8 Å². The van der Waals surface area contributed by atoms with E-state index in [1.165, 1.54) is 22.3 Å². The predicted molar refractivity (Wildman–Crippen MR) is 76.9 cm³/mol. The van der Waals surface area contributed by atoms with E-state index in [-0.39, 0.29) is 11.4 Å². The summed E-state index contributed by atoms with van der Waals surface area (Å²) in [5.74, 6) is 0.127. The molecule has 0 radical (unpaired) electrons. The standard InChI is InChI=1S/C16H25NO/c1-11-9-12(2)14(13(3)10-11)7-8-15(18)17-16(4,5)6/h9-10H,7-8H2,1-6H3,(H,17,18). The van der Waals surface area contributed by atoms with Gasteiger partial charge in [0.2, 0.25) is 5.91 Å². The van der Waals surface area contributed by atoms with Crippen LogP contribution >= 0.6 is 0 Å². The molecule has 0 bridgehead atoms. The van der Waals surface area contributed by atoms with E-state index in [9.17, 15) is 4.79 Å². The summed E-state index contributed by atoms with van der Waals surface area (Å²) in [6.07, 6.45) is 1.38. The fourth-order valence-electron chi connectivity index (χ4n) is 2.32. The number of amides is 1. The Morgan fingerprint density at radius 1 is 1.11 bits per heavy atom. The van der Waals surface area contributed by atoms with Crippen LogP contribution in [0.5, 0.6) is 0 Å². The Bertz CT molecular complexity index is 418. The van der Waals surface area contributed by atoms with Gasteiger partial charge in [-0.15, -0.1) is 0 Å². The molecule has 0 heterocycles. The lowest BCUT2D eigenvalue weighted by molar-refractivity contribution is -0.122. The highest BCUT2D eigenvalue weighted by molar-refractivity contribution is 5.77. The van der Waals surface area contributed by atoms with E-state index in [1.807, 2.05) is 20.8 Å². The van der Waals surface area contributed by atoms with Crippen LogP contribution in [0.15, 0.2) is 12.1 Å². The molecule has 0 atom stereocenters. The molecule has 0 spiro atoms. The number of nitrogens with one attached hydrogen (secondary N) is 1. The van der Waals surface area contributed by atoms with Gasteiger partial charge in [-0.1, -0.05) is 17.7 Å². The van der Waals surface area contributed by atoms with Crippen molar-refractivity contribution < 1.29 is 4.79 Å². The summed E-state index contributed by atoms with van der Waals surface area (Å²) in [4.78, 5) is 11.8. The van der Waals surface area contributed by atoms with Crippen LogP contribution in [0.25, 0.3) is 0 Å². The lowest BCUT2D eigenvalue weighted by atomic mass is 9.96. The summed E-state index contributed by atoms with van der Waals surface area (Å²) in [6.45, 7) is 12.4. The maximum absolute atomic E-state index is 11.8. The minimum absolute atomic E-state index is 0.127. The van der Waals surface area contributed by atoms with Gasteiger partial charge in [0.15, 0.2) is 0 Å². The Kier molecular flexibility index (Phi) is 4.55. The molecule has 0 aromatic heterocycles. The Hall–Kier alpha value is -1.31. The first-order valence-corrected chi connectivity index (χ1v) is 6.57. The molecule has 1 N–H and O–H groups in total. The first-order valence-electron chi connectivity index (χ1n) is 6.57. The molecule has 100 valence electrons. The highest BCUT2D eigenvalue weighted by Gasteiger charge is 2.14. The zero-order valence-electron chi connectivity index (χ0n) is 12.5. The molecule has 0 saturated heterocycles. The van der Waals surface area contributed by atoms with Crippen LogP contribution < -0.4 is 5.32 Å². The average Bonchev–Trinajstić information content (AvgIpc) is 2.12. The van der Waals surface area contributed by atoms with Gasteiger partial charge in [-0.25, -0.2) is 0 Å². The minimum Gasteiger partial charge on any atom is -0.351 e. The van der Waals surface area contributed by atoms with Crippen LogP contribution in [0.1, 0.15) is 49.4 Å². The normalized spacial score (nSPS) is 11.4. The topological polar surface area (TPSA) is 29.1 Å². The molecule has 0 aliphatic rings. The lowest BCUT2D eigenvalue weighted by Gasteiger charge is -2.20. The highest BCUT2D eigenvalue weighted by Crippen LogP contribution is 2.18. The monoisotopic (exact) mass is 247 g/mol. The van der Waals surface area contributed by atoms with E-state index < -0.39 is 0 Å². The molecular weight excluding hydrogens is 222 g/mol. The number of carbonyl (C=O) groups is 1. The SMILES string of the molecule is Cc1cc(C)c(CCC(=O)NC(C)(C)C)c(C)c1. The van der Waals surface area contributed by atoms with Crippen LogP contribution in [0.4, 0.5) is 0 Å². The summed E-state index contributed by atoms with van der Waals surface area (Å²) in [5, 5.41) is 3.00. The minimum atomic E-state index is -0.144. The molecule has 1 aromatic rings. The zero-order chi connectivity index (χ0) is 13.9. The van der Waals surface area contributed by atoms with Crippen LogP contribution in [-0.4, -0.2) is 11.4 Å². The molecule has 0 aliphatic heterocycles. The Labute approximate surface area is 111 Å². The highest BCUT2D eigenvalue weighted by atomic mass is 16.1. The number of hydrogen-bond donors (Lipinski definition) is 1. The average molecular weight is 247 g/mol. The van der Waals surface area contributed by atoms with Crippen LogP contribution in [0.3, 0.4) is 0 Å². The fraction of sp³-hybridized carbons (Fsp3) is 0.562. The maximum atomic E-state index is 11.8. The number of benzene rings is 1. The Morgan fingerprint density at radius 2 is 1.61 bits per heavy atom. The van der Waals surface area contributed by atoms with Gasteiger partial charge in [-0.3, -0.25) is 4.79 Å². The molecule has 1 aromatic carbocycles. The number of carbonyl (C=O) groups excluding carboxylic acids is 1. The van der Waals surface area contributed by atoms with Gasteiger partial charge in [-0.2, -0.15) is 0 Å². The van der Waals surface area contributed by atoms with Crippen molar-refractivity contribution in [1.82, 2.24) is 5.32 Å². The summed E-state index contributed by atoms with van der Waals surface area (Å²) >= 11 is 0. The van der Waals surface area contributed by atoms with Crippen molar-refractivity contribution in [1.29, 1.82) is 0 Å². The van der Waals surface area contributed by atoms with Crippen molar-refractivity contribution in [2.24, 2.45) is 0 Å². The Morgan fingerprint density at radius 3 is 2.06 bits per heavy atom. The van der Waals surface area contributed by atoms with E-state index >= 15 is 0 Å². The molecule has 0 fully saturated rings. The molecule has 0 unspecified atom stereocenters. The molecule has 1 rings (SSSR count).